The molecule has 1 heteroatoms. The van der Waals surface area contributed by atoms with Crippen LogP contribution < -0.4 is 0 Å². The van der Waals surface area contributed by atoms with Gasteiger partial charge in [-0.2, -0.15) is 0 Å². The monoisotopic (exact) mass is 152 g/mol. The van der Waals surface area contributed by atoms with Gasteiger partial charge in [0.15, 0.2) is 5.78 Å². The molecule has 1 nitrogen and oxygen atoms in total. The Morgan fingerprint density at radius 3 is 2.09 bits per heavy atom. The van der Waals surface area contributed by atoms with Gasteiger partial charge in [0.1, 0.15) is 0 Å². The van der Waals surface area contributed by atoms with E-state index in [-0.39, 0.29) is 11.2 Å². The smallest absolute Gasteiger partial charge is 0.152 e. The van der Waals surface area contributed by atoms with Gasteiger partial charge in [0, 0.05) is 5.41 Å². The van der Waals surface area contributed by atoms with Gasteiger partial charge in [0.25, 0.3) is 0 Å². The summed E-state index contributed by atoms with van der Waals surface area (Å²) in [6, 6.07) is 0. The second-order valence-corrected chi connectivity index (χ2v) is 3.45. The van der Waals surface area contributed by atoms with Gasteiger partial charge in [-0.05, 0) is 19.9 Å². The lowest BCUT2D eigenvalue weighted by molar-refractivity contribution is -0.112. The first-order chi connectivity index (χ1) is 4.86. The predicted molar refractivity (Wildman–Crippen MR) is 48.4 cm³/mol. The molecule has 0 heterocycles. The van der Waals surface area contributed by atoms with Gasteiger partial charge < -0.3 is 0 Å². The Morgan fingerprint density at radius 1 is 1.36 bits per heavy atom. The average molecular weight is 152 g/mol. The topological polar surface area (TPSA) is 17.1 Å². The Morgan fingerprint density at radius 2 is 1.82 bits per heavy atom. The summed E-state index contributed by atoms with van der Waals surface area (Å²) >= 11 is 0. The molecular formula is C10H16O. The van der Waals surface area contributed by atoms with Crippen LogP contribution in [-0.2, 0) is 4.79 Å². The van der Waals surface area contributed by atoms with Gasteiger partial charge in [0.05, 0.1) is 0 Å². The number of carbonyl (C=O) groups is 1. The summed E-state index contributed by atoms with van der Waals surface area (Å²) in [7, 11) is 0. The van der Waals surface area contributed by atoms with Crippen molar-refractivity contribution in [2.24, 2.45) is 5.41 Å². The lowest BCUT2D eigenvalue weighted by atomic mass is 9.86. The highest BCUT2D eigenvalue weighted by atomic mass is 16.1. The van der Waals surface area contributed by atoms with E-state index < -0.39 is 0 Å². The number of allylic oxidation sites excluding steroid dienone is 3. The van der Waals surface area contributed by atoms with E-state index in [1.54, 1.807) is 13.0 Å². The summed E-state index contributed by atoms with van der Waals surface area (Å²) in [5.41, 5.74) is 1.00. The summed E-state index contributed by atoms with van der Waals surface area (Å²) in [6.07, 6.45) is 3.48. The van der Waals surface area contributed by atoms with Gasteiger partial charge in [-0.25, -0.2) is 0 Å². The first-order valence-corrected chi connectivity index (χ1v) is 3.72. The van der Waals surface area contributed by atoms with E-state index in [9.17, 15) is 4.79 Å². The average Bonchev–Trinajstić information content (AvgIpc) is 1.84. The van der Waals surface area contributed by atoms with Crippen LogP contribution in [0.25, 0.3) is 0 Å². The molecule has 11 heavy (non-hydrogen) atoms. The molecule has 0 aliphatic heterocycles. The number of hydrogen-bond acceptors (Lipinski definition) is 1. The molecule has 0 rings (SSSR count). The quantitative estimate of drug-likeness (QED) is 0.449. The Bertz CT molecular complexity index is 197. The molecule has 0 fully saturated rings. The molecule has 0 aromatic carbocycles. The maximum atomic E-state index is 10.6. The molecule has 0 bridgehead atoms. The fourth-order valence-corrected chi connectivity index (χ4v) is 0.468. The van der Waals surface area contributed by atoms with E-state index in [2.05, 4.69) is 6.58 Å². The minimum atomic E-state index is -0.0638. The van der Waals surface area contributed by atoms with Crippen LogP contribution in [0.15, 0.2) is 24.3 Å². The Balaban J connectivity index is 4.35. The van der Waals surface area contributed by atoms with Gasteiger partial charge in [-0.3, -0.25) is 4.79 Å². The van der Waals surface area contributed by atoms with E-state index in [1.807, 2.05) is 26.8 Å². The van der Waals surface area contributed by atoms with Crippen LogP contribution in [-0.4, -0.2) is 5.78 Å². The van der Waals surface area contributed by atoms with Crippen molar-refractivity contribution < 1.29 is 4.79 Å². The summed E-state index contributed by atoms with van der Waals surface area (Å²) in [4.78, 5) is 10.6. The van der Waals surface area contributed by atoms with Crippen LogP contribution in [0.1, 0.15) is 27.7 Å². The molecule has 0 aliphatic carbocycles. The van der Waals surface area contributed by atoms with Crippen LogP contribution in [0.5, 0.6) is 0 Å². The van der Waals surface area contributed by atoms with Gasteiger partial charge in [-0.1, -0.05) is 32.1 Å². The molecule has 0 aliphatic rings. The predicted octanol–water partition coefficient (Wildman–Crippen LogP) is 2.73. The summed E-state index contributed by atoms with van der Waals surface area (Å²) < 4.78 is 0. The summed E-state index contributed by atoms with van der Waals surface area (Å²) in [5, 5.41) is 0. The molecule has 0 spiro atoms. The van der Waals surface area contributed by atoms with Crippen molar-refractivity contribution in [2.45, 2.75) is 27.7 Å². The van der Waals surface area contributed by atoms with Crippen LogP contribution in [0.2, 0.25) is 0 Å². The van der Waals surface area contributed by atoms with E-state index in [1.165, 1.54) is 0 Å². The molecule has 62 valence electrons. The Labute approximate surface area is 68.8 Å². The highest BCUT2D eigenvalue weighted by Crippen LogP contribution is 2.25. The van der Waals surface area contributed by atoms with E-state index in [0.717, 1.165) is 5.57 Å². The highest BCUT2D eigenvalue weighted by Gasteiger charge is 2.13. The van der Waals surface area contributed by atoms with Gasteiger partial charge in [-0.15, -0.1) is 0 Å². The van der Waals surface area contributed by atoms with Crippen LogP contribution in [0.4, 0.5) is 0 Å². The molecule has 0 unspecified atom stereocenters. The van der Waals surface area contributed by atoms with Crippen molar-refractivity contribution in [1.29, 1.82) is 0 Å². The molecule has 0 aromatic heterocycles. The lowest BCUT2D eigenvalue weighted by Gasteiger charge is -2.19. The third-order valence-electron chi connectivity index (χ3n) is 1.83. The van der Waals surface area contributed by atoms with Crippen molar-refractivity contribution >= 4 is 5.78 Å². The van der Waals surface area contributed by atoms with E-state index in [0.29, 0.717) is 0 Å². The maximum Gasteiger partial charge on any atom is 0.152 e. The number of rotatable bonds is 3. The minimum Gasteiger partial charge on any atom is -0.295 e. The van der Waals surface area contributed by atoms with Crippen LogP contribution in [0, 0.1) is 5.41 Å². The van der Waals surface area contributed by atoms with Gasteiger partial charge >= 0.3 is 0 Å². The number of hydrogen-bond donors (Lipinski definition) is 0. The van der Waals surface area contributed by atoms with Crippen molar-refractivity contribution in [3.05, 3.63) is 24.3 Å². The molecule has 0 amide bonds. The zero-order valence-electron chi connectivity index (χ0n) is 7.77. The van der Waals surface area contributed by atoms with Crippen molar-refractivity contribution in [2.75, 3.05) is 0 Å². The SMILES string of the molecule is C=C(C)C(C)(C)/C=C\C(C)=O. The van der Waals surface area contributed by atoms with Crippen molar-refractivity contribution in [3.63, 3.8) is 0 Å². The first kappa shape index (κ1) is 10.2. The largest absolute Gasteiger partial charge is 0.295 e. The second kappa shape index (κ2) is 3.51. The molecular weight excluding hydrogens is 136 g/mol. The minimum absolute atomic E-state index is 0.0638. The Kier molecular flexibility index (Phi) is 3.24. The fraction of sp³-hybridized carbons (Fsp3) is 0.500. The lowest BCUT2D eigenvalue weighted by Crippen LogP contribution is -2.08. The maximum absolute atomic E-state index is 10.6. The molecule has 0 N–H and O–H groups in total. The normalized spacial score (nSPS) is 12.0. The third-order valence-corrected chi connectivity index (χ3v) is 1.83. The van der Waals surface area contributed by atoms with Crippen molar-refractivity contribution in [1.82, 2.24) is 0 Å². The van der Waals surface area contributed by atoms with Crippen molar-refractivity contribution in [3.8, 4) is 0 Å². The molecule has 0 saturated carbocycles. The zero-order chi connectivity index (χ0) is 9.07. The highest BCUT2D eigenvalue weighted by molar-refractivity contribution is 5.87. The summed E-state index contributed by atoms with van der Waals surface area (Å²) in [5.74, 6) is 0.0827. The standard InChI is InChI=1S/C10H16O/c1-8(2)10(4,5)7-6-9(3)11/h6-7H,1H2,2-5H3/b7-6-. The number of carbonyl (C=O) groups excluding carboxylic acids is 1. The summed E-state index contributed by atoms with van der Waals surface area (Å²) in [6.45, 7) is 11.4. The van der Waals surface area contributed by atoms with Crippen LogP contribution in [0.3, 0.4) is 0 Å². The van der Waals surface area contributed by atoms with Crippen LogP contribution >= 0.6 is 0 Å². The molecule has 0 radical (unpaired) electrons. The molecule has 0 atom stereocenters. The molecule has 0 saturated heterocycles. The van der Waals surface area contributed by atoms with E-state index in [4.69, 9.17) is 0 Å². The third kappa shape index (κ3) is 3.76. The first-order valence-electron chi connectivity index (χ1n) is 3.72. The molecule has 0 aromatic rings. The second-order valence-electron chi connectivity index (χ2n) is 3.45. The van der Waals surface area contributed by atoms with Gasteiger partial charge in [0.2, 0.25) is 0 Å². The Hall–Kier alpha value is -0.850. The zero-order valence-corrected chi connectivity index (χ0v) is 7.77. The fourth-order valence-electron chi connectivity index (χ4n) is 0.468. The van der Waals surface area contributed by atoms with E-state index >= 15 is 0 Å². The number of ketones is 1.